The van der Waals surface area contributed by atoms with Crippen LogP contribution in [0.1, 0.15) is 17.3 Å². The quantitative estimate of drug-likeness (QED) is 0.443. The number of thiazole rings is 1. The molecular formula is C20H18N2O5S2. The number of esters is 1. The molecule has 9 heteroatoms. The Balaban J connectivity index is 2.14. The van der Waals surface area contributed by atoms with Crippen molar-refractivity contribution in [2.24, 2.45) is 4.40 Å². The number of terminal acetylenes is 1. The zero-order valence-electron chi connectivity index (χ0n) is 15.8. The minimum Gasteiger partial charge on any atom is -0.497 e. The molecule has 0 amide bonds. The van der Waals surface area contributed by atoms with Gasteiger partial charge in [-0.05, 0) is 49.4 Å². The minimum absolute atomic E-state index is 0.0372. The lowest BCUT2D eigenvalue weighted by atomic mass is 10.2. The minimum atomic E-state index is -3.96. The second kappa shape index (κ2) is 8.51. The highest BCUT2D eigenvalue weighted by atomic mass is 32.2. The Morgan fingerprint density at radius 3 is 2.59 bits per heavy atom. The molecule has 0 saturated carbocycles. The molecule has 3 aromatic rings. The van der Waals surface area contributed by atoms with Crippen LogP contribution in [-0.2, 0) is 21.3 Å². The van der Waals surface area contributed by atoms with E-state index in [1.165, 1.54) is 19.2 Å². The van der Waals surface area contributed by atoms with E-state index in [9.17, 15) is 13.2 Å². The lowest BCUT2D eigenvalue weighted by molar-refractivity contribution is 0.0526. The first-order valence-corrected chi connectivity index (χ1v) is 10.8. The van der Waals surface area contributed by atoms with Crippen LogP contribution >= 0.6 is 11.3 Å². The molecule has 0 radical (unpaired) electrons. The maximum atomic E-state index is 12.8. The predicted molar refractivity (Wildman–Crippen MR) is 110 cm³/mol. The van der Waals surface area contributed by atoms with Gasteiger partial charge in [0.25, 0.3) is 10.0 Å². The molecule has 0 fully saturated rings. The molecular weight excluding hydrogens is 412 g/mol. The molecule has 0 spiro atoms. The van der Waals surface area contributed by atoms with Gasteiger partial charge in [-0.2, -0.15) is 8.42 Å². The molecule has 1 heterocycles. The third-order valence-electron chi connectivity index (χ3n) is 4.00. The van der Waals surface area contributed by atoms with Gasteiger partial charge in [-0.1, -0.05) is 17.3 Å². The van der Waals surface area contributed by atoms with Crippen LogP contribution in [0.5, 0.6) is 5.75 Å². The molecule has 3 rings (SSSR count). The molecule has 0 saturated heterocycles. The third-order valence-corrected chi connectivity index (χ3v) is 6.44. The van der Waals surface area contributed by atoms with Crippen LogP contribution in [0.3, 0.4) is 0 Å². The Hall–Kier alpha value is -3.09. The van der Waals surface area contributed by atoms with Crippen LogP contribution in [-0.4, -0.2) is 32.7 Å². The Kier molecular flexibility index (Phi) is 6.06. The first kappa shape index (κ1) is 20.6. The number of aromatic nitrogens is 1. The Morgan fingerprint density at radius 2 is 1.97 bits per heavy atom. The van der Waals surface area contributed by atoms with Gasteiger partial charge < -0.3 is 14.0 Å². The lowest BCUT2D eigenvalue weighted by Gasteiger charge is -2.03. The second-order valence-electron chi connectivity index (χ2n) is 5.82. The highest BCUT2D eigenvalue weighted by Crippen LogP contribution is 2.21. The van der Waals surface area contributed by atoms with E-state index < -0.39 is 16.0 Å². The SMILES string of the molecule is C#CCn1/c(=N/S(=O)(=O)c2ccc(OC)cc2)sc2cc(C(=O)OCC)ccc21. The molecule has 0 aliphatic carbocycles. The summed E-state index contributed by atoms with van der Waals surface area (Å²) < 4.78 is 41.9. The number of rotatable bonds is 6. The van der Waals surface area contributed by atoms with E-state index in [-0.39, 0.29) is 22.8 Å². The first-order valence-electron chi connectivity index (χ1n) is 8.58. The van der Waals surface area contributed by atoms with Crippen LogP contribution in [0.4, 0.5) is 0 Å². The molecule has 0 bridgehead atoms. The standard InChI is InChI=1S/C20H18N2O5S2/c1-4-12-22-17-11-6-14(19(23)27-5-2)13-18(17)28-20(22)21-29(24,25)16-9-7-15(26-3)8-10-16/h1,6-11,13H,5,12H2,2-3H3/b21-20-. The molecule has 1 aromatic heterocycles. The zero-order chi connectivity index (χ0) is 21.0. The third kappa shape index (κ3) is 4.34. The Labute approximate surface area is 172 Å². The normalized spacial score (nSPS) is 12.0. The summed E-state index contributed by atoms with van der Waals surface area (Å²) in [5.41, 5.74) is 1.06. The van der Waals surface area contributed by atoms with E-state index in [0.717, 1.165) is 11.3 Å². The van der Waals surface area contributed by atoms with E-state index in [1.807, 2.05) is 0 Å². The van der Waals surface area contributed by atoms with Gasteiger partial charge in [0.15, 0.2) is 0 Å². The smallest absolute Gasteiger partial charge is 0.338 e. The summed E-state index contributed by atoms with van der Waals surface area (Å²) >= 11 is 1.13. The number of methoxy groups -OCH3 is 1. The Bertz CT molecular complexity index is 1260. The number of carbonyl (C=O) groups is 1. The maximum Gasteiger partial charge on any atom is 0.338 e. The molecule has 7 nitrogen and oxygen atoms in total. The fourth-order valence-electron chi connectivity index (χ4n) is 2.63. The topological polar surface area (TPSA) is 87.0 Å². The number of fused-ring (bicyclic) bond motifs is 1. The van der Waals surface area contributed by atoms with Gasteiger partial charge in [0, 0.05) is 0 Å². The first-order chi connectivity index (χ1) is 13.9. The summed E-state index contributed by atoms with van der Waals surface area (Å²) in [5, 5.41) is 0. The van der Waals surface area contributed by atoms with Gasteiger partial charge in [0.2, 0.25) is 4.80 Å². The van der Waals surface area contributed by atoms with Crippen molar-refractivity contribution in [2.75, 3.05) is 13.7 Å². The summed E-state index contributed by atoms with van der Waals surface area (Å²) in [7, 11) is -2.46. The number of sulfonamides is 1. The number of carbonyl (C=O) groups excluding carboxylic acids is 1. The van der Waals surface area contributed by atoms with Gasteiger partial charge in [-0.15, -0.1) is 10.8 Å². The fraction of sp³-hybridized carbons (Fsp3) is 0.200. The average molecular weight is 431 g/mol. The largest absolute Gasteiger partial charge is 0.497 e. The average Bonchev–Trinajstić information content (AvgIpc) is 3.04. The molecule has 29 heavy (non-hydrogen) atoms. The van der Waals surface area contributed by atoms with Crippen LogP contribution < -0.4 is 9.54 Å². The summed E-state index contributed by atoms with van der Waals surface area (Å²) in [6.45, 7) is 2.12. The molecule has 2 aromatic carbocycles. The van der Waals surface area contributed by atoms with E-state index in [1.54, 1.807) is 41.8 Å². The predicted octanol–water partition coefficient (Wildman–Crippen LogP) is 2.81. The van der Waals surface area contributed by atoms with Crippen molar-refractivity contribution in [2.45, 2.75) is 18.4 Å². The Morgan fingerprint density at radius 1 is 1.24 bits per heavy atom. The molecule has 0 aliphatic heterocycles. The maximum absolute atomic E-state index is 12.8. The number of nitrogens with zero attached hydrogens (tertiary/aromatic N) is 2. The molecule has 150 valence electrons. The second-order valence-corrected chi connectivity index (χ2v) is 8.43. The summed E-state index contributed by atoms with van der Waals surface area (Å²) in [5.74, 6) is 2.60. The summed E-state index contributed by atoms with van der Waals surface area (Å²) in [6.07, 6.45) is 5.46. The molecule has 0 N–H and O–H groups in total. The van der Waals surface area contributed by atoms with Crippen molar-refractivity contribution in [1.82, 2.24) is 4.57 Å². The number of hydrogen-bond acceptors (Lipinski definition) is 6. The van der Waals surface area contributed by atoms with Gasteiger partial charge >= 0.3 is 5.97 Å². The zero-order valence-corrected chi connectivity index (χ0v) is 17.4. The van der Waals surface area contributed by atoms with Gasteiger partial charge in [-0.3, -0.25) is 0 Å². The van der Waals surface area contributed by atoms with E-state index >= 15 is 0 Å². The molecule has 0 unspecified atom stereocenters. The molecule has 0 atom stereocenters. The van der Waals surface area contributed by atoms with Gasteiger partial charge in [0.05, 0.1) is 40.9 Å². The highest BCUT2D eigenvalue weighted by molar-refractivity contribution is 7.90. The summed E-state index contributed by atoms with van der Waals surface area (Å²) in [6, 6.07) is 10.9. The lowest BCUT2D eigenvalue weighted by Crippen LogP contribution is -2.16. The van der Waals surface area contributed by atoms with Crippen LogP contribution in [0, 0.1) is 12.3 Å². The van der Waals surface area contributed by atoms with Crippen molar-refractivity contribution in [3.8, 4) is 18.1 Å². The van der Waals surface area contributed by atoms with Crippen LogP contribution in [0.25, 0.3) is 10.2 Å². The van der Waals surface area contributed by atoms with Crippen LogP contribution in [0.2, 0.25) is 0 Å². The highest BCUT2D eigenvalue weighted by Gasteiger charge is 2.16. The number of hydrogen-bond donors (Lipinski definition) is 0. The van der Waals surface area contributed by atoms with Gasteiger partial charge in [0.1, 0.15) is 5.75 Å². The van der Waals surface area contributed by atoms with E-state index in [0.29, 0.717) is 21.5 Å². The van der Waals surface area contributed by atoms with Crippen molar-refractivity contribution in [3.63, 3.8) is 0 Å². The van der Waals surface area contributed by atoms with E-state index in [4.69, 9.17) is 15.9 Å². The summed E-state index contributed by atoms with van der Waals surface area (Å²) in [4.78, 5) is 12.2. The van der Waals surface area contributed by atoms with Crippen molar-refractivity contribution >= 4 is 37.5 Å². The van der Waals surface area contributed by atoms with Crippen molar-refractivity contribution in [1.29, 1.82) is 0 Å². The fourth-order valence-corrected chi connectivity index (χ4v) is 4.90. The van der Waals surface area contributed by atoms with Crippen molar-refractivity contribution in [3.05, 3.63) is 52.8 Å². The van der Waals surface area contributed by atoms with Crippen molar-refractivity contribution < 1.29 is 22.7 Å². The number of benzene rings is 2. The van der Waals surface area contributed by atoms with Crippen LogP contribution in [0.15, 0.2) is 51.8 Å². The van der Waals surface area contributed by atoms with E-state index in [2.05, 4.69) is 10.3 Å². The number of ether oxygens (including phenoxy) is 2. The van der Waals surface area contributed by atoms with Gasteiger partial charge in [-0.25, -0.2) is 4.79 Å². The monoisotopic (exact) mass is 430 g/mol. The molecule has 0 aliphatic rings.